The molecule has 2 aromatic rings. The predicted molar refractivity (Wildman–Crippen MR) is 87.1 cm³/mol. The lowest BCUT2D eigenvalue weighted by Crippen LogP contribution is -2.43. The van der Waals surface area contributed by atoms with Crippen molar-refractivity contribution < 1.29 is 4.79 Å². The highest BCUT2D eigenvalue weighted by atomic mass is 32.1. The lowest BCUT2D eigenvalue weighted by molar-refractivity contribution is 0.0948. The van der Waals surface area contributed by atoms with Crippen LogP contribution in [0.25, 0.3) is 0 Å². The molecule has 1 aromatic carbocycles. The third-order valence-corrected chi connectivity index (χ3v) is 3.74. The van der Waals surface area contributed by atoms with Gasteiger partial charge in [-0.3, -0.25) is 15.6 Å². The summed E-state index contributed by atoms with van der Waals surface area (Å²) >= 11 is 6.52. The van der Waals surface area contributed by atoms with Crippen LogP contribution in [0.1, 0.15) is 20.8 Å². The van der Waals surface area contributed by atoms with Crippen LogP contribution in [0, 0.1) is 13.8 Å². The Morgan fingerprint density at radius 2 is 2.00 bits per heavy atom. The van der Waals surface area contributed by atoms with Crippen molar-refractivity contribution >= 4 is 40.3 Å². The summed E-state index contributed by atoms with van der Waals surface area (Å²) in [4.78, 5) is 12.4. The van der Waals surface area contributed by atoms with Crippen LogP contribution in [0.2, 0.25) is 0 Å². The van der Waals surface area contributed by atoms with Crippen LogP contribution in [0.5, 0.6) is 0 Å². The molecule has 0 saturated heterocycles. The molecule has 0 aliphatic rings. The largest absolute Gasteiger partial charge is 0.331 e. The molecule has 0 saturated carbocycles. The first kappa shape index (κ1) is 14.5. The van der Waals surface area contributed by atoms with E-state index in [9.17, 15) is 4.79 Å². The fraction of sp³-hybridized carbons (Fsp3) is 0.143. The van der Waals surface area contributed by atoms with E-state index in [1.807, 2.05) is 37.4 Å². The number of amides is 1. The minimum absolute atomic E-state index is 0.204. The summed E-state index contributed by atoms with van der Waals surface area (Å²) in [6, 6.07) is 9.60. The normalized spacial score (nSPS) is 9.90. The monoisotopic (exact) mass is 305 g/mol. The molecule has 6 heteroatoms. The molecule has 0 aliphatic carbocycles. The lowest BCUT2D eigenvalue weighted by Gasteiger charge is -2.13. The number of anilines is 1. The maximum Gasteiger partial charge on any atom is 0.279 e. The Morgan fingerprint density at radius 3 is 2.65 bits per heavy atom. The number of thiophene rings is 1. The van der Waals surface area contributed by atoms with E-state index >= 15 is 0 Å². The van der Waals surface area contributed by atoms with Crippen molar-refractivity contribution in [2.45, 2.75) is 13.8 Å². The SMILES string of the molecule is Cc1ccc(NC(=S)NNC(=O)c2cccs2)c(C)c1. The van der Waals surface area contributed by atoms with Crippen molar-refractivity contribution in [2.75, 3.05) is 5.32 Å². The van der Waals surface area contributed by atoms with E-state index in [2.05, 4.69) is 22.2 Å². The van der Waals surface area contributed by atoms with Gasteiger partial charge in [-0.25, -0.2) is 0 Å². The Hall–Kier alpha value is -1.92. The zero-order valence-electron chi connectivity index (χ0n) is 11.2. The summed E-state index contributed by atoms with van der Waals surface area (Å²) in [7, 11) is 0. The van der Waals surface area contributed by atoms with Crippen LogP contribution in [-0.2, 0) is 0 Å². The van der Waals surface area contributed by atoms with Crippen molar-refractivity contribution in [2.24, 2.45) is 0 Å². The van der Waals surface area contributed by atoms with Gasteiger partial charge in [-0.1, -0.05) is 23.8 Å². The molecular weight excluding hydrogens is 290 g/mol. The van der Waals surface area contributed by atoms with Crippen molar-refractivity contribution in [3.63, 3.8) is 0 Å². The maximum atomic E-state index is 11.7. The number of aryl methyl sites for hydroxylation is 2. The minimum atomic E-state index is -0.204. The fourth-order valence-corrected chi connectivity index (χ4v) is 2.47. The highest BCUT2D eigenvalue weighted by molar-refractivity contribution is 7.80. The Kier molecular flexibility index (Phi) is 4.70. The van der Waals surface area contributed by atoms with E-state index in [0.717, 1.165) is 11.3 Å². The Bertz CT molecular complexity index is 623. The summed E-state index contributed by atoms with van der Waals surface area (Å²) in [6.45, 7) is 4.04. The molecule has 20 heavy (non-hydrogen) atoms. The molecule has 0 spiro atoms. The third kappa shape index (κ3) is 3.79. The molecular formula is C14H15N3OS2. The van der Waals surface area contributed by atoms with Crippen LogP contribution in [0.15, 0.2) is 35.7 Å². The molecule has 4 nitrogen and oxygen atoms in total. The van der Waals surface area contributed by atoms with Gasteiger partial charge < -0.3 is 5.32 Å². The standard InChI is InChI=1S/C14H15N3OS2/c1-9-5-6-11(10(2)8-9)15-14(19)17-16-13(18)12-4-3-7-20-12/h3-8H,1-2H3,(H,16,18)(H2,15,17,19). The van der Waals surface area contributed by atoms with E-state index < -0.39 is 0 Å². The van der Waals surface area contributed by atoms with E-state index in [-0.39, 0.29) is 5.91 Å². The first-order valence-electron chi connectivity index (χ1n) is 6.04. The first-order valence-corrected chi connectivity index (χ1v) is 7.33. The highest BCUT2D eigenvalue weighted by Gasteiger charge is 2.06. The van der Waals surface area contributed by atoms with Gasteiger partial charge in [0.2, 0.25) is 0 Å². The number of hydrogen-bond donors (Lipinski definition) is 3. The number of carbonyl (C=O) groups is 1. The number of hydrogen-bond acceptors (Lipinski definition) is 3. The van der Waals surface area contributed by atoms with Gasteiger partial charge in [0.1, 0.15) is 0 Å². The summed E-state index contributed by atoms with van der Waals surface area (Å²) in [5.74, 6) is -0.204. The Morgan fingerprint density at radius 1 is 1.20 bits per heavy atom. The number of thiocarbonyl (C=S) groups is 1. The Balaban J connectivity index is 1.88. The number of nitrogens with one attached hydrogen (secondary N) is 3. The summed E-state index contributed by atoms with van der Waals surface area (Å²) < 4.78 is 0. The van der Waals surface area contributed by atoms with E-state index in [1.165, 1.54) is 16.9 Å². The zero-order valence-corrected chi connectivity index (χ0v) is 12.8. The van der Waals surface area contributed by atoms with Crippen LogP contribution < -0.4 is 16.2 Å². The topological polar surface area (TPSA) is 53.2 Å². The van der Waals surface area contributed by atoms with Crippen molar-refractivity contribution in [1.82, 2.24) is 10.9 Å². The molecule has 1 amide bonds. The molecule has 1 heterocycles. The predicted octanol–water partition coefficient (Wildman–Crippen LogP) is 3.00. The van der Waals surface area contributed by atoms with Crippen molar-refractivity contribution in [3.05, 3.63) is 51.7 Å². The molecule has 0 aliphatic heterocycles. The van der Waals surface area contributed by atoms with Gasteiger partial charge in [0.15, 0.2) is 5.11 Å². The first-order chi connectivity index (χ1) is 9.56. The van der Waals surface area contributed by atoms with Crippen LogP contribution in [0.3, 0.4) is 0 Å². The van der Waals surface area contributed by atoms with E-state index in [1.54, 1.807) is 6.07 Å². The second-order valence-corrected chi connectivity index (χ2v) is 5.68. The molecule has 104 valence electrons. The van der Waals surface area contributed by atoms with Crippen molar-refractivity contribution in [1.29, 1.82) is 0 Å². The molecule has 0 unspecified atom stereocenters. The van der Waals surface area contributed by atoms with E-state index in [4.69, 9.17) is 12.2 Å². The molecule has 1 aromatic heterocycles. The van der Waals surface area contributed by atoms with Gasteiger partial charge in [0.05, 0.1) is 4.88 Å². The van der Waals surface area contributed by atoms with Crippen LogP contribution in [-0.4, -0.2) is 11.0 Å². The fourth-order valence-electron chi connectivity index (χ4n) is 1.69. The molecule has 0 fully saturated rings. The summed E-state index contributed by atoms with van der Waals surface area (Å²) in [5.41, 5.74) is 8.45. The van der Waals surface area contributed by atoms with Crippen LogP contribution in [0.4, 0.5) is 5.69 Å². The molecule has 0 atom stereocenters. The van der Waals surface area contributed by atoms with Gasteiger partial charge in [0, 0.05) is 5.69 Å². The average Bonchev–Trinajstić information content (AvgIpc) is 2.93. The second-order valence-electron chi connectivity index (χ2n) is 4.33. The van der Waals surface area contributed by atoms with Gasteiger partial charge in [-0.05, 0) is 49.1 Å². The molecule has 3 N–H and O–H groups in total. The number of hydrazine groups is 1. The molecule has 0 radical (unpaired) electrons. The van der Waals surface area contributed by atoms with Gasteiger partial charge in [-0.2, -0.15) is 0 Å². The third-order valence-electron chi connectivity index (χ3n) is 2.66. The maximum absolute atomic E-state index is 11.7. The van der Waals surface area contributed by atoms with Gasteiger partial charge in [0.25, 0.3) is 5.91 Å². The number of benzene rings is 1. The summed E-state index contributed by atoms with van der Waals surface area (Å²) in [6.07, 6.45) is 0. The average molecular weight is 305 g/mol. The van der Waals surface area contributed by atoms with Gasteiger partial charge in [-0.15, -0.1) is 11.3 Å². The van der Waals surface area contributed by atoms with E-state index in [0.29, 0.717) is 9.99 Å². The highest BCUT2D eigenvalue weighted by Crippen LogP contribution is 2.15. The Labute approximate surface area is 127 Å². The van der Waals surface area contributed by atoms with Gasteiger partial charge >= 0.3 is 0 Å². The van der Waals surface area contributed by atoms with Crippen molar-refractivity contribution in [3.8, 4) is 0 Å². The molecule has 2 rings (SSSR count). The smallest absolute Gasteiger partial charge is 0.279 e. The number of carbonyl (C=O) groups excluding carboxylic acids is 1. The zero-order chi connectivity index (χ0) is 14.5. The quantitative estimate of drug-likeness (QED) is 0.590. The lowest BCUT2D eigenvalue weighted by atomic mass is 10.1. The minimum Gasteiger partial charge on any atom is -0.331 e. The number of rotatable bonds is 2. The summed E-state index contributed by atoms with van der Waals surface area (Å²) in [5, 5.41) is 5.24. The molecule has 0 bridgehead atoms. The van der Waals surface area contributed by atoms with Crippen LogP contribution >= 0.6 is 23.6 Å². The second kappa shape index (κ2) is 6.49.